The van der Waals surface area contributed by atoms with Crippen LogP contribution in [0.1, 0.15) is 32.2 Å². The van der Waals surface area contributed by atoms with Crippen LogP contribution in [0.4, 0.5) is 5.69 Å². The number of hydrogen-bond acceptors (Lipinski definition) is 2. The summed E-state index contributed by atoms with van der Waals surface area (Å²) in [4.78, 5) is 23.9. The second-order valence-corrected chi connectivity index (χ2v) is 5.19. The second kappa shape index (κ2) is 6.32. The van der Waals surface area contributed by atoms with Crippen LogP contribution < -0.4 is 5.32 Å². The smallest absolute Gasteiger partial charge is 0.337 e. The van der Waals surface area contributed by atoms with Gasteiger partial charge in [0.05, 0.1) is 11.3 Å². The standard InChI is InChI=1S/C19H15NO3/c21-18(20-17-12-6-5-11-16(17)19(22)23)15-10-4-3-9-14(15)13-7-1-2-8-13/h1-13H,(H,20,21)(H,22,23). The summed E-state index contributed by atoms with van der Waals surface area (Å²) in [6.45, 7) is 0. The number of nitrogens with one attached hydrogen (secondary N) is 1. The molecule has 1 aliphatic rings. The van der Waals surface area contributed by atoms with E-state index in [2.05, 4.69) is 5.32 Å². The zero-order valence-corrected chi connectivity index (χ0v) is 12.3. The second-order valence-electron chi connectivity index (χ2n) is 5.19. The van der Waals surface area contributed by atoms with E-state index in [0.717, 1.165) is 5.56 Å². The van der Waals surface area contributed by atoms with Crippen LogP contribution in [-0.4, -0.2) is 17.0 Å². The van der Waals surface area contributed by atoms with E-state index in [1.807, 2.05) is 36.4 Å². The summed E-state index contributed by atoms with van der Waals surface area (Å²) in [7, 11) is 0. The van der Waals surface area contributed by atoms with Crippen molar-refractivity contribution in [2.75, 3.05) is 5.32 Å². The molecule has 1 amide bonds. The van der Waals surface area contributed by atoms with Gasteiger partial charge in [0, 0.05) is 11.5 Å². The number of aromatic carboxylic acids is 1. The highest BCUT2D eigenvalue weighted by atomic mass is 16.4. The first-order valence-electron chi connectivity index (χ1n) is 7.24. The van der Waals surface area contributed by atoms with Crippen LogP contribution >= 0.6 is 0 Å². The van der Waals surface area contributed by atoms with Gasteiger partial charge in [-0.1, -0.05) is 54.6 Å². The Morgan fingerprint density at radius 1 is 0.870 bits per heavy atom. The summed E-state index contributed by atoms with van der Waals surface area (Å²) in [5.41, 5.74) is 1.79. The highest BCUT2D eigenvalue weighted by Crippen LogP contribution is 2.27. The molecule has 1 aliphatic carbocycles. The molecule has 2 N–H and O–H groups in total. The number of carboxylic acids is 1. The van der Waals surface area contributed by atoms with E-state index in [9.17, 15) is 14.7 Å². The Labute approximate surface area is 133 Å². The Morgan fingerprint density at radius 3 is 2.17 bits per heavy atom. The molecule has 0 unspecified atom stereocenters. The fraction of sp³-hybridized carbons (Fsp3) is 0.0526. The lowest BCUT2D eigenvalue weighted by molar-refractivity contribution is 0.0698. The van der Waals surface area contributed by atoms with Gasteiger partial charge in [-0.05, 0) is 23.8 Å². The Hall–Kier alpha value is -3.14. The van der Waals surface area contributed by atoms with Crippen LogP contribution in [0.25, 0.3) is 0 Å². The molecule has 0 radical (unpaired) electrons. The predicted octanol–water partition coefficient (Wildman–Crippen LogP) is 3.85. The number of rotatable bonds is 4. The summed E-state index contributed by atoms with van der Waals surface area (Å²) in [5, 5.41) is 11.9. The molecule has 0 aromatic heterocycles. The van der Waals surface area contributed by atoms with Crippen molar-refractivity contribution in [2.24, 2.45) is 0 Å². The molecule has 0 atom stereocenters. The molecule has 4 nitrogen and oxygen atoms in total. The number of carbonyl (C=O) groups excluding carboxylic acids is 1. The summed E-state index contributed by atoms with van der Waals surface area (Å²) in [6.07, 6.45) is 7.91. The summed E-state index contributed by atoms with van der Waals surface area (Å²) in [6, 6.07) is 13.7. The largest absolute Gasteiger partial charge is 0.478 e. The SMILES string of the molecule is O=C(O)c1ccccc1NC(=O)c1ccccc1C1C=CC=C1. The maximum atomic E-state index is 12.6. The van der Waals surface area contributed by atoms with Gasteiger partial charge in [0.25, 0.3) is 5.91 Å². The number of allylic oxidation sites excluding steroid dienone is 4. The lowest BCUT2D eigenvalue weighted by atomic mass is 9.95. The Bertz CT molecular complexity index is 809. The lowest BCUT2D eigenvalue weighted by Gasteiger charge is -2.14. The Kier molecular flexibility index (Phi) is 4.06. The van der Waals surface area contributed by atoms with Crippen molar-refractivity contribution in [2.45, 2.75) is 5.92 Å². The number of carbonyl (C=O) groups is 2. The molecule has 0 heterocycles. The van der Waals surface area contributed by atoms with Crippen molar-refractivity contribution >= 4 is 17.6 Å². The first-order valence-corrected chi connectivity index (χ1v) is 7.24. The highest BCUT2D eigenvalue weighted by Gasteiger charge is 2.18. The molecule has 0 saturated heterocycles. The quantitative estimate of drug-likeness (QED) is 0.901. The normalized spacial score (nSPS) is 13.2. The van der Waals surface area contributed by atoms with Crippen molar-refractivity contribution in [3.63, 3.8) is 0 Å². The van der Waals surface area contributed by atoms with Crippen LogP contribution in [0.3, 0.4) is 0 Å². The topological polar surface area (TPSA) is 66.4 Å². The van der Waals surface area contributed by atoms with Gasteiger partial charge < -0.3 is 10.4 Å². The molecular weight excluding hydrogens is 290 g/mol. The molecule has 0 fully saturated rings. The molecule has 2 aromatic carbocycles. The minimum atomic E-state index is -1.07. The van der Waals surface area contributed by atoms with Gasteiger partial charge in [-0.15, -0.1) is 0 Å². The Balaban J connectivity index is 1.92. The molecule has 114 valence electrons. The van der Waals surface area contributed by atoms with Gasteiger partial charge in [-0.25, -0.2) is 4.79 Å². The van der Waals surface area contributed by atoms with Crippen molar-refractivity contribution < 1.29 is 14.7 Å². The van der Waals surface area contributed by atoms with Crippen molar-refractivity contribution in [3.05, 3.63) is 89.5 Å². The van der Waals surface area contributed by atoms with Crippen LogP contribution in [0.15, 0.2) is 72.8 Å². The maximum Gasteiger partial charge on any atom is 0.337 e. The minimum absolute atomic E-state index is 0.0617. The van der Waals surface area contributed by atoms with Gasteiger partial charge in [-0.2, -0.15) is 0 Å². The minimum Gasteiger partial charge on any atom is -0.478 e. The molecule has 2 aromatic rings. The predicted molar refractivity (Wildman–Crippen MR) is 88.8 cm³/mol. The van der Waals surface area contributed by atoms with E-state index in [1.165, 1.54) is 6.07 Å². The molecule has 0 spiro atoms. The number of hydrogen-bond donors (Lipinski definition) is 2. The number of benzene rings is 2. The van der Waals surface area contributed by atoms with Crippen molar-refractivity contribution in [1.29, 1.82) is 0 Å². The number of carboxylic acid groups (broad SMARTS) is 1. The first-order chi connectivity index (χ1) is 11.2. The fourth-order valence-corrected chi connectivity index (χ4v) is 2.60. The number of amides is 1. The van der Waals surface area contributed by atoms with Crippen LogP contribution in [-0.2, 0) is 0 Å². The van der Waals surface area contributed by atoms with E-state index in [-0.39, 0.29) is 23.1 Å². The summed E-state index contributed by atoms with van der Waals surface area (Å²) in [5.74, 6) is -1.33. The molecule has 0 bridgehead atoms. The van der Waals surface area contributed by atoms with Gasteiger partial charge in [0.15, 0.2) is 0 Å². The van der Waals surface area contributed by atoms with Gasteiger partial charge in [-0.3, -0.25) is 4.79 Å². The summed E-state index contributed by atoms with van der Waals surface area (Å²) >= 11 is 0. The third-order valence-corrected chi connectivity index (χ3v) is 3.72. The van der Waals surface area contributed by atoms with Crippen molar-refractivity contribution in [1.82, 2.24) is 0 Å². The van der Waals surface area contributed by atoms with Gasteiger partial charge in [0.1, 0.15) is 0 Å². The maximum absolute atomic E-state index is 12.6. The number of para-hydroxylation sites is 1. The molecule has 4 heteroatoms. The van der Waals surface area contributed by atoms with E-state index in [4.69, 9.17) is 0 Å². The van der Waals surface area contributed by atoms with E-state index < -0.39 is 5.97 Å². The third kappa shape index (κ3) is 3.06. The first kappa shape index (κ1) is 14.8. The lowest BCUT2D eigenvalue weighted by Crippen LogP contribution is -2.17. The van der Waals surface area contributed by atoms with E-state index >= 15 is 0 Å². The molecule has 23 heavy (non-hydrogen) atoms. The van der Waals surface area contributed by atoms with Crippen LogP contribution in [0.5, 0.6) is 0 Å². The number of anilines is 1. The zero-order chi connectivity index (χ0) is 16.2. The Morgan fingerprint density at radius 2 is 1.48 bits per heavy atom. The molecule has 0 saturated carbocycles. The average molecular weight is 305 g/mol. The summed E-state index contributed by atoms with van der Waals surface area (Å²) < 4.78 is 0. The van der Waals surface area contributed by atoms with Crippen LogP contribution in [0.2, 0.25) is 0 Å². The third-order valence-electron chi connectivity index (χ3n) is 3.72. The van der Waals surface area contributed by atoms with E-state index in [0.29, 0.717) is 5.56 Å². The monoisotopic (exact) mass is 305 g/mol. The highest BCUT2D eigenvalue weighted by molar-refractivity contribution is 6.08. The molecule has 0 aliphatic heterocycles. The van der Waals surface area contributed by atoms with Crippen LogP contribution in [0, 0.1) is 0 Å². The fourth-order valence-electron chi connectivity index (χ4n) is 2.60. The van der Waals surface area contributed by atoms with Crippen molar-refractivity contribution in [3.8, 4) is 0 Å². The van der Waals surface area contributed by atoms with Gasteiger partial charge >= 0.3 is 5.97 Å². The zero-order valence-electron chi connectivity index (χ0n) is 12.3. The molecule has 3 rings (SSSR count). The average Bonchev–Trinajstić information content (AvgIpc) is 3.09. The van der Waals surface area contributed by atoms with E-state index in [1.54, 1.807) is 30.3 Å². The van der Waals surface area contributed by atoms with Gasteiger partial charge in [0.2, 0.25) is 0 Å². The molecular formula is C19H15NO3.